The smallest absolute Gasteiger partial charge is 0.190 e. The Morgan fingerprint density at radius 2 is 0.812 bits per heavy atom. The number of imidazole rings is 1. The van der Waals surface area contributed by atoms with Crippen LogP contribution in [0.3, 0.4) is 0 Å². The Morgan fingerprint density at radius 3 is 1.16 bits per heavy atom. The average molecular weight is 562 g/mol. The Kier molecular flexibility index (Phi) is 5.96. The topological polar surface area (TPSA) is 9.86 Å². The van der Waals surface area contributed by atoms with Gasteiger partial charge in [-0.25, -0.2) is 0 Å². The Balaban J connectivity index is 1.94. The molecule has 32 heavy (non-hydrogen) atoms. The van der Waals surface area contributed by atoms with Crippen molar-refractivity contribution in [3.63, 3.8) is 0 Å². The van der Waals surface area contributed by atoms with Gasteiger partial charge in [0.1, 0.15) is 0 Å². The molecule has 0 bridgehead atoms. The van der Waals surface area contributed by atoms with Gasteiger partial charge in [0.2, 0.25) is 0 Å². The average Bonchev–Trinajstić information content (AvgIpc) is 3.14. The molecule has 0 amide bonds. The lowest BCUT2D eigenvalue weighted by Crippen LogP contribution is -1.99. The van der Waals surface area contributed by atoms with Crippen molar-refractivity contribution in [3.05, 3.63) is 123 Å². The molecule has 0 unspecified atom stereocenters. The van der Waals surface area contributed by atoms with E-state index in [9.17, 15) is 0 Å². The molecule has 0 aliphatic carbocycles. The van der Waals surface area contributed by atoms with E-state index in [1.165, 1.54) is 0 Å². The molecule has 0 saturated heterocycles. The van der Waals surface area contributed by atoms with Gasteiger partial charge >= 0.3 is 0 Å². The normalized spacial score (nSPS) is 10.9. The summed E-state index contributed by atoms with van der Waals surface area (Å²) in [5, 5.41) is 0. The molecule has 2 nitrogen and oxygen atoms in total. The second-order valence-corrected chi connectivity index (χ2v) is 9.53. The lowest BCUT2D eigenvalue weighted by molar-refractivity contribution is 0.960. The van der Waals surface area contributed by atoms with Crippen LogP contribution in [-0.4, -0.2) is 9.13 Å². The Labute approximate surface area is 209 Å². The molecule has 0 N–H and O–H groups in total. The van der Waals surface area contributed by atoms with Crippen molar-refractivity contribution in [2.24, 2.45) is 0 Å². The Morgan fingerprint density at radius 1 is 0.469 bits per heavy atom. The van der Waals surface area contributed by atoms with Gasteiger partial charge in [0.25, 0.3) is 0 Å². The summed E-state index contributed by atoms with van der Waals surface area (Å²) in [6.07, 6.45) is 0. The quantitative estimate of drug-likeness (QED) is 0.199. The number of benzene rings is 4. The summed E-state index contributed by atoms with van der Waals surface area (Å²) >= 11 is 13.2. The molecule has 0 radical (unpaired) electrons. The first kappa shape index (κ1) is 21.1. The van der Waals surface area contributed by atoms with Crippen molar-refractivity contribution in [3.8, 4) is 33.9 Å². The van der Waals surface area contributed by atoms with E-state index >= 15 is 0 Å². The van der Waals surface area contributed by atoms with Crippen LogP contribution in [-0.2, 0) is 0 Å². The molecule has 1 heterocycles. The van der Waals surface area contributed by atoms with Crippen LogP contribution in [0.15, 0.2) is 118 Å². The third kappa shape index (κ3) is 3.92. The van der Waals surface area contributed by atoms with Gasteiger partial charge in [-0.3, -0.25) is 9.13 Å². The van der Waals surface area contributed by atoms with Crippen LogP contribution in [0.4, 0.5) is 0 Å². The van der Waals surface area contributed by atoms with Crippen LogP contribution in [0.25, 0.3) is 33.9 Å². The van der Waals surface area contributed by atoms with Crippen molar-refractivity contribution in [1.29, 1.82) is 0 Å². The molecule has 0 saturated carbocycles. The van der Waals surface area contributed by atoms with Gasteiger partial charge in [-0.2, -0.15) is 0 Å². The fourth-order valence-electron chi connectivity index (χ4n) is 3.89. The monoisotopic (exact) mass is 560 g/mol. The van der Waals surface area contributed by atoms with Gasteiger partial charge in [0.15, 0.2) is 4.77 Å². The van der Waals surface area contributed by atoms with E-state index in [-0.39, 0.29) is 0 Å². The van der Waals surface area contributed by atoms with Gasteiger partial charge in [0.05, 0.1) is 11.4 Å². The highest BCUT2D eigenvalue weighted by atomic mass is 79.9. The molecule has 0 atom stereocenters. The molecule has 0 fully saturated rings. The number of halogens is 2. The minimum absolute atomic E-state index is 0.715. The highest BCUT2D eigenvalue weighted by Gasteiger charge is 2.22. The predicted octanol–water partition coefficient (Wildman–Crippen LogP) is 8.86. The second-order valence-electron chi connectivity index (χ2n) is 7.34. The fraction of sp³-hybridized carbons (Fsp3) is 0. The first-order valence-electron chi connectivity index (χ1n) is 10.1. The minimum atomic E-state index is 0.715. The molecule has 0 spiro atoms. The summed E-state index contributed by atoms with van der Waals surface area (Å²) in [6, 6.07) is 37.4. The molecule has 4 aromatic carbocycles. The maximum absolute atomic E-state index is 6.13. The standard InChI is InChI=1S/C27H18Br2N2S/c28-21-11-15-23(16-12-21)30-25(19-7-3-1-4-8-19)26(20-9-5-2-6-10-20)31(27(30)32)24-17-13-22(29)14-18-24/h1-18H. The van der Waals surface area contributed by atoms with E-state index in [2.05, 4.69) is 114 Å². The summed E-state index contributed by atoms with van der Waals surface area (Å²) in [5.41, 5.74) is 6.38. The molecule has 5 rings (SSSR count). The van der Waals surface area contributed by atoms with Crippen molar-refractivity contribution in [2.45, 2.75) is 0 Å². The van der Waals surface area contributed by atoms with E-state index in [0.29, 0.717) is 4.77 Å². The van der Waals surface area contributed by atoms with Crippen LogP contribution >= 0.6 is 44.1 Å². The lowest BCUT2D eigenvalue weighted by Gasteiger charge is -2.12. The zero-order valence-corrected chi connectivity index (χ0v) is 20.9. The van der Waals surface area contributed by atoms with Crippen LogP contribution < -0.4 is 0 Å². The highest BCUT2D eigenvalue weighted by Crippen LogP contribution is 2.38. The summed E-state index contributed by atoms with van der Waals surface area (Å²) in [7, 11) is 0. The molecule has 0 aliphatic rings. The summed E-state index contributed by atoms with van der Waals surface area (Å²) in [5.74, 6) is 0. The fourth-order valence-corrected chi connectivity index (χ4v) is 4.81. The largest absolute Gasteiger partial charge is 0.284 e. The summed E-state index contributed by atoms with van der Waals surface area (Å²) < 4.78 is 7.12. The first-order valence-corrected chi connectivity index (χ1v) is 12.1. The Bertz CT molecular complexity index is 1310. The zero-order chi connectivity index (χ0) is 22.1. The van der Waals surface area contributed by atoms with Crippen LogP contribution in [0.1, 0.15) is 0 Å². The van der Waals surface area contributed by atoms with E-state index in [0.717, 1.165) is 42.8 Å². The van der Waals surface area contributed by atoms with Crippen molar-refractivity contribution < 1.29 is 0 Å². The number of aromatic nitrogens is 2. The summed E-state index contributed by atoms with van der Waals surface area (Å²) in [6.45, 7) is 0. The number of rotatable bonds is 4. The predicted molar refractivity (Wildman–Crippen MR) is 142 cm³/mol. The third-order valence-electron chi connectivity index (χ3n) is 5.32. The summed E-state index contributed by atoms with van der Waals surface area (Å²) in [4.78, 5) is 0. The Hall–Kier alpha value is -2.73. The van der Waals surface area contributed by atoms with E-state index < -0.39 is 0 Å². The lowest BCUT2D eigenvalue weighted by atomic mass is 10.0. The van der Waals surface area contributed by atoms with Crippen molar-refractivity contribution in [1.82, 2.24) is 9.13 Å². The maximum Gasteiger partial charge on any atom is 0.190 e. The van der Waals surface area contributed by atoms with Gasteiger partial charge in [-0.1, -0.05) is 92.5 Å². The van der Waals surface area contributed by atoms with Gasteiger partial charge in [-0.15, -0.1) is 0 Å². The number of hydrogen-bond donors (Lipinski definition) is 0. The molecular weight excluding hydrogens is 544 g/mol. The highest BCUT2D eigenvalue weighted by molar-refractivity contribution is 9.10. The molecule has 5 aromatic rings. The van der Waals surface area contributed by atoms with Gasteiger partial charge in [0, 0.05) is 31.4 Å². The van der Waals surface area contributed by atoms with E-state index in [1.807, 2.05) is 36.4 Å². The van der Waals surface area contributed by atoms with Crippen molar-refractivity contribution >= 4 is 44.1 Å². The van der Waals surface area contributed by atoms with Crippen molar-refractivity contribution in [2.75, 3.05) is 0 Å². The SMILES string of the molecule is S=c1n(-c2ccc(Br)cc2)c(-c2ccccc2)c(-c2ccccc2)n1-c1ccc(Br)cc1. The third-order valence-corrected chi connectivity index (χ3v) is 6.74. The molecule has 1 aromatic heterocycles. The van der Waals surface area contributed by atoms with Crippen LogP contribution in [0.2, 0.25) is 0 Å². The molecule has 156 valence electrons. The van der Waals surface area contributed by atoms with Crippen LogP contribution in [0.5, 0.6) is 0 Å². The molecule has 5 heteroatoms. The second kappa shape index (κ2) is 9.02. The van der Waals surface area contributed by atoms with E-state index in [1.54, 1.807) is 0 Å². The van der Waals surface area contributed by atoms with Gasteiger partial charge in [-0.05, 0) is 60.7 Å². The van der Waals surface area contributed by atoms with Gasteiger partial charge < -0.3 is 0 Å². The first-order chi connectivity index (χ1) is 15.6. The minimum Gasteiger partial charge on any atom is -0.284 e. The zero-order valence-electron chi connectivity index (χ0n) is 17.0. The number of nitrogens with zero attached hydrogens (tertiary/aromatic N) is 2. The van der Waals surface area contributed by atoms with E-state index in [4.69, 9.17) is 12.2 Å². The molecular formula is C27H18Br2N2S. The maximum atomic E-state index is 6.13. The van der Waals surface area contributed by atoms with Crippen LogP contribution in [0, 0.1) is 4.77 Å². The number of hydrogen-bond acceptors (Lipinski definition) is 1. The molecule has 0 aliphatic heterocycles.